The van der Waals surface area contributed by atoms with Crippen LogP contribution >= 0.6 is 0 Å². The van der Waals surface area contributed by atoms with Crippen LogP contribution in [0.2, 0.25) is 0 Å². The zero-order valence-electron chi connectivity index (χ0n) is 14.4. The molecule has 0 aliphatic carbocycles. The van der Waals surface area contributed by atoms with Gasteiger partial charge in [-0.2, -0.15) is 0 Å². The molecule has 3 aromatic rings. The third-order valence-electron chi connectivity index (χ3n) is 4.03. The zero-order chi connectivity index (χ0) is 17.6. The molecule has 3 rings (SSSR count). The van der Waals surface area contributed by atoms with Crippen molar-refractivity contribution in [3.63, 3.8) is 0 Å². The van der Waals surface area contributed by atoms with Crippen LogP contribution in [0.5, 0.6) is 0 Å². The summed E-state index contributed by atoms with van der Waals surface area (Å²) in [5.74, 6) is -0.184. The summed E-state index contributed by atoms with van der Waals surface area (Å²) >= 11 is 0. The molecule has 4 nitrogen and oxygen atoms in total. The highest BCUT2D eigenvalue weighted by molar-refractivity contribution is 5.93. The van der Waals surface area contributed by atoms with Crippen molar-refractivity contribution in [2.75, 3.05) is 5.32 Å². The maximum atomic E-state index is 12.4. The molecule has 0 saturated carbocycles. The van der Waals surface area contributed by atoms with Gasteiger partial charge in [-0.15, -0.1) is 0 Å². The van der Waals surface area contributed by atoms with Gasteiger partial charge in [-0.25, -0.2) is 0 Å². The number of carbonyl (C=O) groups excluding carboxylic acids is 1. The molecule has 1 amide bonds. The average molecular weight is 331 g/mol. The fourth-order valence-corrected chi connectivity index (χ4v) is 2.51. The normalized spacial score (nSPS) is 10.3. The molecule has 25 heavy (non-hydrogen) atoms. The number of carbonyl (C=O) groups is 1. The molecule has 2 N–H and O–H groups in total. The molecule has 0 atom stereocenters. The van der Waals surface area contributed by atoms with E-state index < -0.39 is 0 Å². The van der Waals surface area contributed by atoms with Gasteiger partial charge in [0.1, 0.15) is 5.69 Å². The lowest BCUT2D eigenvalue weighted by Crippen LogP contribution is -2.24. The summed E-state index contributed by atoms with van der Waals surface area (Å²) < 4.78 is 0. The van der Waals surface area contributed by atoms with Crippen LogP contribution in [-0.2, 0) is 6.54 Å². The highest BCUT2D eigenvalue weighted by atomic mass is 16.1. The van der Waals surface area contributed by atoms with Crippen molar-refractivity contribution in [3.05, 3.63) is 89.2 Å². The maximum absolute atomic E-state index is 12.4. The molecule has 2 aromatic carbocycles. The van der Waals surface area contributed by atoms with Crippen molar-refractivity contribution < 1.29 is 4.79 Å². The maximum Gasteiger partial charge on any atom is 0.270 e. The first-order valence-electron chi connectivity index (χ1n) is 8.24. The predicted molar refractivity (Wildman–Crippen MR) is 101 cm³/mol. The molecule has 0 unspecified atom stereocenters. The summed E-state index contributed by atoms with van der Waals surface area (Å²) in [6.07, 6.45) is 1.64. The molecular formula is C21H21N3O. The van der Waals surface area contributed by atoms with Crippen LogP contribution in [0.15, 0.2) is 66.9 Å². The number of benzene rings is 2. The molecule has 0 saturated heterocycles. The van der Waals surface area contributed by atoms with E-state index in [4.69, 9.17) is 0 Å². The summed E-state index contributed by atoms with van der Waals surface area (Å²) in [4.78, 5) is 16.6. The van der Waals surface area contributed by atoms with E-state index in [-0.39, 0.29) is 5.91 Å². The van der Waals surface area contributed by atoms with Crippen LogP contribution in [0.3, 0.4) is 0 Å². The Hall–Kier alpha value is -3.14. The SMILES string of the molecule is Cc1ccc(Nc2ccnc(C(=O)NCc3ccccc3C)c2)cc1. The Morgan fingerprint density at radius 1 is 0.960 bits per heavy atom. The Bertz CT molecular complexity index is 872. The van der Waals surface area contributed by atoms with E-state index in [1.54, 1.807) is 12.3 Å². The van der Waals surface area contributed by atoms with Gasteiger partial charge in [0.05, 0.1) is 0 Å². The van der Waals surface area contributed by atoms with E-state index in [0.717, 1.165) is 22.5 Å². The first-order valence-corrected chi connectivity index (χ1v) is 8.24. The second-order valence-corrected chi connectivity index (χ2v) is 6.03. The fourth-order valence-electron chi connectivity index (χ4n) is 2.51. The third-order valence-corrected chi connectivity index (χ3v) is 4.03. The molecule has 0 bridgehead atoms. The van der Waals surface area contributed by atoms with Crippen molar-refractivity contribution in [1.82, 2.24) is 10.3 Å². The Kier molecular flexibility index (Phi) is 5.09. The molecule has 4 heteroatoms. The summed E-state index contributed by atoms with van der Waals surface area (Å²) in [5, 5.41) is 6.21. The second kappa shape index (κ2) is 7.62. The number of nitrogens with zero attached hydrogens (tertiary/aromatic N) is 1. The Morgan fingerprint density at radius 2 is 1.72 bits per heavy atom. The predicted octanol–water partition coefficient (Wildman–Crippen LogP) is 4.37. The van der Waals surface area contributed by atoms with Crippen molar-refractivity contribution in [2.45, 2.75) is 20.4 Å². The van der Waals surface area contributed by atoms with Crippen LogP contribution < -0.4 is 10.6 Å². The van der Waals surface area contributed by atoms with Crippen molar-refractivity contribution in [1.29, 1.82) is 0 Å². The number of hydrogen-bond acceptors (Lipinski definition) is 3. The number of pyridine rings is 1. The molecule has 0 radical (unpaired) electrons. The average Bonchev–Trinajstić information content (AvgIpc) is 2.63. The van der Waals surface area contributed by atoms with Gasteiger partial charge in [0.15, 0.2) is 0 Å². The van der Waals surface area contributed by atoms with Gasteiger partial charge < -0.3 is 10.6 Å². The molecule has 0 spiro atoms. The fraction of sp³-hybridized carbons (Fsp3) is 0.143. The molecule has 1 heterocycles. The summed E-state index contributed by atoms with van der Waals surface area (Å²) in [6.45, 7) is 4.57. The van der Waals surface area contributed by atoms with Crippen molar-refractivity contribution in [2.24, 2.45) is 0 Å². The number of amides is 1. The molecule has 126 valence electrons. The topological polar surface area (TPSA) is 54.0 Å². The van der Waals surface area contributed by atoms with E-state index in [0.29, 0.717) is 12.2 Å². The summed E-state index contributed by atoms with van der Waals surface area (Å²) in [5.41, 5.74) is 5.67. The molecule has 0 fully saturated rings. The minimum atomic E-state index is -0.184. The number of rotatable bonds is 5. The first kappa shape index (κ1) is 16.7. The van der Waals surface area contributed by atoms with E-state index >= 15 is 0 Å². The van der Waals surface area contributed by atoms with Gasteiger partial charge in [-0.1, -0.05) is 42.0 Å². The van der Waals surface area contributed by atoms with Gasteiger partial charge in [0.2, 0.25) is 0 Å². The number of aromatic nitrogens is 1. The van der Waals surface area contributed by atoms with Crippen LogP contribution in [0.1, 0.15) is 27.2 Å². The Labute approximate surface area is 147 Å². The van der Waals surface area contributed by atoms with Crippen molar-refractivity contribution in [3.8, 4) is 0 Å². The first-order chi connectivity index (χ1) is 12.1. The lowest BCUT2D eigenvalue weighted by atomic mass is 10.1. The van der Waals surface area contributed by atoms with Gasteiger partial charge in [-0.05, 0) is 49.2 Å². The van der Waals surface area contributed by atoms with Crippen LogP contribution in [0.4, 0.5) is 11.4 Å². The van der Waals surface area contributed by atoms with Crippen LogP contribution in [-0.4, -0.2) is 10.9 Å². The highest BCUT2D eigenvalue weighted by Crippen LogP contribution is 2.17. The quantitative estimate of drug-likeness (QED) is 0.730. The highest BCUT2D eigenvalue weighted by Gasteiger charge is 2.08. The Balaban J connectivity index is 1.67. The lowest BCUT2D eigenvalue weighted by molar-refractivity contribution is 0.0946. The summed E-state index contributed by atoms with van der Waals surface area (Å²) in [7, 11) is 0. The molecule has 1 aromatic heterocycles. The van der Waals surface area contributed by atoms with Gasteiger partial charge in [0, 0.05) is 24.1 Å². The lowest BCUT2D eigenvalue weighted by Gasteiger charge is -2.10. The second-order valence-electron chi connectivity index (χ2n) is 6.03. The van der Waals surface area contributed by atoms with Crippen LogP contribution in [0.25, 0.3) is 0 Å². The van der Waals surface area contributed by atoms with Gasteiger partial charge in [-0.3, -0.25) is 9.78 Å². The largest absolute Gasteiger partial charge is 0.355 e. The van der Waals surface area contributed by atoms with E-state index in [9.17, 15) is 4.79 Å². The third kappa shape index (κ3) is 4.44. The number of aryl methyl sites for hydroxylation is 2. The summed E-state index contributed by atoms with van der Waals surface area (Å²) in [6, 6.07) is 19.7. The van der Waals surface area contributed by atoms with Gasteiger partial charge >= 0.3 is 0 Å². The number of nitrogens with one attached hydrogen (secondary N) is 2. The Morgan fingerprint density at radius 3 is 2.48 bits per heavy atom. The van der Waals surface area contributed by atoms with E-state index in [2.05, 4.69) is 15.6 Å². The molecule has 0 aliphatic heterocycles. The van der Waals surface area contributed by atoms with E-state index in [1.807, 2.05) is 68.4 Å². The zero-order valence-corrected chi connectivity index (χ0v) is 14.4. The van der Waals surface area contributed by atoms with Crippen LogP contribution in [0, 0.1) is 13.8 Å². The number of hydrogen-bond donors (Lipinski definition) is 2. The number of anilines is 2. The molecule has 0 aliphatic rings. The minimum absolute atomic E-state index is 0.184. The van der Waals surface area contributed by atoms with Gasteiger partial charge in [0.25, 0.3) is 5.91 Å². The van der Waals surface area contributed by atoms with E-state index in [1.165, 1.54) is 5.56 Å². The minimum Gasteiger partial charge on any atom is -0.355 e. The standard InChI is InChI=1S/C21H21N3O/c1-15-7-9-18(10-8-15)24-19-11-12-22-20(13-19)21(25)23-14-17-6-4-3-5-16(17)2/h3-13H,14H2,1-2H3,(H,22,24)(H,23,25). The molecular weight excluding hydrogens is 310 g/mol. The van der Waals surface area contributed by atoms with Crippen molar-refractivity contribution >= 4 is 17.3 Å². The smallest absolute Gasteiger partial charge is 0.270 e. The monoisotopic (exact) mass is 331 g/mol.